The van der Waals surface area contributed by atoms with Crippen LogP contribution in [0.2, 0.25) is 10.0 Å². The lowest BCUT2D eigenvalue weighted by molar-refractivity contribution is -0.132. The van der Waals surface area contributed by atoms with Crippen molar-refractivity contribution in [1.82, 2.24) is 10.2 Å². The van der Waals surface area contributed by atoms with Gasteiger partial charge in [0.2, 0.25) is 5.91 Å². The van der Waals surface area contributed by atoms with Crippen LogP contribution in [-0.4, -0.2) is 28.0 Å². The first-order chi connectivity index (χ1) is 14.7. The molecule has 0 radical (unpaired) electrons. The average Bonchev–Trinajstić information content (AvgIpc) is 3.08. The van der Waals surface area contributed by atoms with Crippen LogP contribution in [0.25, 0.3) is 0 Å². The normalized spacial score (nSPS) is 20.6. The number of ketones is 1. The number of fused-ring (bicyclic) bond motifs is 1. The number of rotatable bonds is 5. The van der Waals surface area contributed by atoms with Gasteiger partial charge in [-0.3, -0.25) is 14.4 Å². The molecule has 2 aromatic carbocycles. The number of aryl methyl sites for hydroxylation is 1. The van der Waals surface area contributed by atoms with Crippen molar-refractivity contribution in [1.29, 1.82) is 0 Å². The summed E-state index contributed by atoms with van der Waals surface area (Å²) in [6, 6.07) is 10.5. The van der Waals surface area contributed by atoms with Gasteiger partial charge in [-0.25, -0.2) is 0 Å². The number of amides is 2. The first kappa shape index (κ1) is 21.6. The SMILES string of the molecule is C=C1CC[C@](C)(N2Cc3cc(CCC(=O)c4ccc(Cl)c(Cl)c4)ccc3C2=O)C(=O)N1. The largest absolute Gasteiger partial charge is 0.328 e. The molecule has 2 aliphatic rings. The van der Waals surface area contributed by atoms with E-state index in [1.807, 2.05) is 12.1 Å². The third-order valence-electron chi connectivity index (χ3n) is 6.14. The number of allylic oxidation sites excluding steroid dienone is 1. The minimum atomic E-state index is -0.902. The van der Waals surface area contributed by atoms with Crippen LogP contribution < -0.4 is 5.32 Å². The number of carbonyl (C=O) groups is 3. The number of Topliss-reactive ketones (excluding diaryl/α,β-unsaturated/α-hetero) is 1. The Labute approximate surface area is 191 Å². The molecule has 0 bridgehead atoms. The number of benzene rings is 2. The van der Waals surface area contributed by atoms with E-state index in [0.29, 0.717) is 59.1 Å². The molecular formula is C24H22Cl2N2O3. The van der Waals surface area contributed by atoms with E-state index in [1.165, 1.54) is 0 Å². The molecule has 0 spiro atoms. The van der Waals surface area contributed by atoms with Gasteiger partial charge in [0.05, 0.1) is 10.0 Å². The van der Waals surface area contributed by atoms with Gasteiger partial charge in [0.15, 0.2) is 5.78 Å². The Morgan fingerprint density at radius 2 is 1.94 bits per heavy atom. The fourth-order valence-electron chi connectivity index (χ4n) is 4.12. The summed E-state index contributed by atoms with van der Waals surface area (Å²) in [4.78, 5) is 39.8. The fraction of sp³-hybridized carbons (Fsp3) is 0.292. The monoisotopic (exact) mass is 456 g/mol. The second-order valence-electron chi connectivity index (χ2n) is 8.27. The third-order valence-corrected chi connectivity index (χ3v) is 6.88. The first-order valence-corrected chi connectivity index (χ1v) is 10.9. The number of carbonyl (C=O) groups excluding carboxylic acids is 3. The van der Waals surface area contributed by atoms with Gasteiger partial charge in [0, 0.05) is 29.8 Å². The number of nitrogens with one attached hydrogen (secondary N) is 1. The van der Waals surface area contributed by atoms with Gasteiger partial charge >= 0.3 is 0 Å². The van der Waals surface area contributed by atoms with Crippen molar-refractivity contribution < 1.29 is 14.4 Å². The summed E-state index contributed by atoms with van der Waals surface area (Å²) >= 11 is 11.9. The van der Waals surface area contributed by atoms with Gasteiger partial charge in [-0.1, -0.05) is 41.9 Å². The zero-order valence-electron chi connectivity index (χ0n) is 17.1. The van der Waals surface area contributed by atoms with Gasteiger partial charge in [0.25, 0.3) is 5.91 Å². The van der Waals surface area contributed by atoms with E-state index in [4.69, 9.17) is 23.2 Å². The zero-order valence-corrected chi connectivity index (χ0v) is 18.6. The molecule has 1 atom stereocenters. The Balaban J connectivity index is 1.47. The van der Waals surface area contributed by atoms with E-state index in [2.05, 4.69) is 11.9 Å². The minimum Gasteiger partial charge on any atom is -0.328 e. The maximum atomic E-state index is 13.0. The van der Waals surface area contributed by atoms with Crippen molar-refractivity contribution in [3.05, 3.63) is 81.0 Å². The minimum absolute atomic E-state index is 0.0246. The molecule has 1 fully saturated rings. The third kappa shape index (κ3) is 4.00. The van der Waals surface area contributed by atoms with E-state index in [-0.39, 0.29) is 17.6 Å². The van der Waals surface area contributed by atoms with Gasteiger partial charge in [-0.05, 0) is 61.6 Å². The molecule has 5 nitrogen and oxygen atoms in total. The summed E-state index contributed by atoms with van der Waals surface area (Å²) in [6.45, 7) is 5.99. The Morgan fingerprint density at radius 1 is 1.16 bits per heavy atom. The van der Waals surface area contributed by atoms with Crippen molar-refractivity contribution >= 4 is 40.8 Å². The summed E-state index contributed by atoms with van der Waals surface area (Å²) < 4.78 is 0. The summed E-state index contributed by atoms with van der Waals surface area (Å²) in [5.74, 6) is -0.362. The molecule has 0 unspecified atom stereocenters. The smallest absolute Gasteiger partial charge is 0.255 e. The molecule has 1 saturated heterocycles. The zero-order chi connectivity index (χ0) is 22.3. The van der Waals surface area contributed by atoms with Crippen molar-refractivity contribution in [2.75, 3.05) is 0 Å². The molecule has 2 aromatic rings. The molecule has 2 amide bonds. The predicted molar refractivity (Wildman–Crippen MR) is 120 cm³/mol. The Kier molecular flexibility index (Phi) is 5.67. The number of halogens is 2. The number of nitrogens with zero attached hydrogens (tertiary/aromatic N) is 1. The second kappa shape index (κ2) is 8.13. The summed E-state index contributed by atoms with van der Waals surface area (Å²) in [5, 5.41) is 3.55. The van der Waals surface area contributed by atoms with Gasteiger partial charge in [0.1, 0.15) is 5.54 Å². The highest BCUT2D eigenvalue weighted by Gasteiger charge is 2.47. The molecular weight excluding hydrogens is 435 g/mol. The maximum Gasteiger partial charge on any atom is 0.255 e. The molecule has 2 heterocycles. The highest BCUT2D eigenvalue weighted by molar-refractivity contribution is 6.42. The van der Waals surface area contributed by atoms with Crippen LogP contribution in [0, 0.1) is 0 Å². The molecule has 4 rings (SSSR count). The Hall–Kier alpha value is -2.63. The van der Waals surface area contributed by atoms with E-state index < -0.39 is 5.54 Å². The van der Waals surface area contributed by atoms with Crippen molar-refractivity contribution in [3.63, 3.8) is 0 Å². The topological polar surface area (TPSA) is 66.5 Å². The number of hydrogen-bond acceptors (Lipinski definition) is 3. The van der Waals surface area contributed by atoms with Gasteiger partial charge < -0.3 is 10.2 Å². The van der Waals surface area contributed by atoms with Crippen molar-refractivity contribution in [3.8, 4) is 0 Å². The first-order valence-electron chi connectivity index (χ1n) is 10.1. The van der Waals surface area contributed by atoms with E-state index in [1.54, 1.807) is 36.1 Å². The van der Waals surface area contributed by atoms with Crippen molar-refractivity contribution in [2.24, 2.45) is 0 Å². The highest BCUT2D eigenvalue weighted by atomic mass is 35.5. The molecule has 7 heteroatoms. The fourth-order valence-corrected chi connectivity index (χ4v) is 4.42. The number of piperidine rings is 1. The van der Waals surface area contributed by atoms with E-state index in [9.17, 15) is 14.4 Å². The molecule has 31 heavy (non-hydrogen) atoms. The quantitative estimate of drug-likeness (QED) is 0.647. The van der Waals surface area contributed by atoms with Crippen LogP contribution in [0.3, 0.4) is 0 Å². The van der Waals surface area contributed by atoms with Crippen LogP contribution >= 0.6 is 23.2 Å². The van der Waals surface area contributed by atoms with Gasteiger partial charge in [-0.2, -0.15) is 0 Å². The Morgan fingerprint density at radius 3 is 2.65 bits per heavy atom. The van der Waals surface area contributed by atoms with Crippen LogP contribution in [0.1, 0.15) is 58.0 Å². The molecule has 1 N–H and O–H groups in total. The van der Waals surface area contributed by atoms with Gasteiger partial charge in [-0.15, -0.1) is 0 Å². The van der Waals surface area contributed by atoms with Crippen molar-refractivity contribution in [2.45, 2.75) is 44.7 Å². The second-order valence-corrected chi connectivity index (χ2v) is 9.08. The predicted octanol–water partition coefficient (Wildman–Crippen LogP) is 4.95. The van der Waals surface area contributed by atoms with E-state index >= 15 is 0 Å². The van der Waals surface area contributed by atoms with E-state index in [0.717, 1.165) is 11.1 Å². The molecule has 0 saturated carbocycles. The summed E-state index contributed by atoms with van der Waals surface area (Å²) in [5.41, 5.74) is 2.76. The molecule has 0 aliphatic carbocycles. The lowest BCUT2D eigenvalue weighted by atomic mass is 9.88. The van der Waals surface area contributed by atoms with Crippen LogP contribution in [0.5, 0.6) is 0 Å². The Bertz CT molecular complexity index is 1130. The van der Waals surface area contributed by atoms with Crippen LogP contribution in [-0.2, 0) is 17.8 Å². The summed E-state index contributed by atoms with van der Waals surface area (Å²) in [6.07, 6.45) is 2.04. The van der Waals surface area contributed by atoms with Crippen LogP contribution in [0.4, 0.5) is 0 Å². The highest BCUT2D eigenvalue weighted by Crippen LogP contribution is 2.35. The maximum absolute atomic E-state index is 13.0. The standard InChI is InChI=1S/C24H22Cl2N2O3/c1-14-9-10-24(2,23(31)27-14)28-13-17-11-15(3-6-18(17)22(28)30)4-8-21(29)16-5-7-19(25)20(26)12-16/h3,5-7,11-12H,1,4,8-10,13H2,2H3,(H,27,31)/t24-/m0/s1. The summed E-state index contributed by atoms with van der Waals surface area (Å²) in [7, 11) is 0. The average molecular weight is 457 g/mol. The lowest BCUT2D eigenvalue weighted by Crippen LogP contribution is -2.59. The molecule has 2 aliphatic heterocycles. The van der Waals surface area contributed by atoms with Crippen LogP contribution in [0.15, 0.2) is 48.7 Å². The molecule has 160 valence electrons. The molecule has 0 aromatic heterocycles. The number of hydrogen-bond donors (Lipinski definition) is 1. The lowest BCUT2D eigenvalue weighted by Gasteiger charge is -2.40.